The predicted molar refractivity (Wildman–Crippen MR) is 81.3 cm³/mol. The predicted octanol–water partition coefficient (Wildman–Crippen LogP) is 3.68. The zero-order valence-electron chi connectivity index (χ0n) is 13.1. The number of rotatable bonds is 5. The molecule has 0 N–H and O–H groups in total. The molecule has 4 heteroatoms. The van der Waals surface area contributed by atoms with Crippen molar-refractivity contribution in [1.82, 2.24) is 0 Å². The van der Waals surface area contributed by atoms with Crippen molar-refractivity contribution in [1.29, 1.82) is 0 Å². The van der Waals surface area contributed by atoms with Gasteiger partial charge in [0.1, 0.15) is 5.78 Å². The van der Waals surface area contributed by atoms with Gasteiger partial charge in [-0.1, -0.05) is 20.8 Å². The van der Waals surface area contributed by atoms with Crippen LogP contribution in [0.1, 0.15) is 52.9 Å². The summed E-state index contributed by atoms with van der Waals surface area (Å²) in [6.45, 7) is 6.82. The van der Waals surface area contributed by atoms with E-state index in [1.54, 1.807) is 0 Å². The SMILES string of the molecule is CC[Si](CC)(CC)O[C@@]12CC(=O)C[C@@H]1[C@H]1CC[C@@H](C2)O1. The molecule has 1 aliphatic carbocycles. The van der Waals surface area contributed by atoms with Crippen LogP contribution in [0.4, 0.5) is 0 Å². The van der Waals surface area contributed by atoms with E-state index in [2.05, 4.69) is 20.8 Å². The lowest BCUT2D eigenvalue weighted by molar-refractivity contribution is -0.135. The topological polar surface area (TPSA) is 35.5 Å². The fourth-order valence-corrected chi connectivity index (χ4v) is 7.88. The van der Waals surface area contributed by atoms with Crippen LogP contribution >= 0.6 is 0 Å². The van der Waals surface area contributed by atoms with E-state index in [1.165, 1.54) is 24.6 Å². The van der Waals surface area contributed by atoms with Gasteiger partial charge in [-0.15, -0.1) is 0 Å². The number of carbonyl (C=O) groups is 1. The van der Waals surface area contributed by atoms with Gasteiger partial charge < -0.3 is 9.16 Å². The second kappa shape index (κ2) is 5.22. The van der Waals surface area contributed by atoms with Crippen molar-refractivity contribution in [3.05, 3.63) is 0 Å². The Morgan fingerprint density at radius 1 is 1.25 bits per heavy atom. The fourth-order valence-electron chi connectivity index (χ4n) is 4.78. The number of ketones is 1. The average molecular weight is 296 g/mol. The molecule has 0 radical (unpaired) electrons. The summed E-state index contributed by atoms with van der Waals surface area (Å²) in [6, 6.07) is 3.50. The van der Waals surface area contributed by atoms with Crippen molar-refractivity contribution >= 4 is 14.1 Å². The molecule has 0 amide bonds. The van der Waals surface area contributed by atoms with E-state index in [1.807, 2.05) is 0 Å². The van der Waals surface area contributed by atoms with Crippen LogP contribution in [0, 0.1) is 5.92 Å². The summed E-state index contributed by atoms with van der Waals surface area (Å²) >= 11 is 0. The Kier molecular flexibility index (Phi) is 3.84. The molecule has 2 bridgehead atoms. The highest BCUT2D eigenvalue weighted by molar-refractivity contribution is 6.73. The maximum atomic E-state index is 12.1. The Morgan fingerprint density at radius 3 is 2.60 bits per heavy atom. The van der Waals surface area contributed by atoms with Gasteiger partial charge in [0.15, 0.2) is 8.32 Å². The van der Waals surface area contributed by atoms with Gasteiger partial charge in [-0.05, 0) is 31.0 Å². The normalized spacial score (nSPS) is 40.1. The van der Waals surface area contributed by atoms with E-state index >= 15 is 0 Å². The molecule has 2 heterocycles. The van der Waals surface area contributed by atoms with Crippen LogP contribution in [-0.2, 0) is 14.0 Å². The summed E-state index contributed by atoms with van der Waals surface area (Å²) in [7, 11) is -1.67. The zero-order chi connectivity index (χ0) is 14.4. The molecular weight excluding hydrogens is 268 g/mol. The highest BCUT2D eigenvalue weighted by Gasteiger charge is 2.59. The number of hydrogen-bond donors (Lipinski definition) is 0. The average Bonchev–Trinajstić information content (AvgIpc) is 2.99. The van der Waals surface area contributed by atoms with Crippen molar-refractivity contribution in [2.75, 3.05) is 0 Å². The van der Waals surface area contributed by atoms with E-state index in [0.29, 0.717) is 30.6 Å². The lowest BCUT2D eigenvalue weighted by atomic mass is 9.82. The maximum Gasteiger partial charge on any atom is 0.192 e. The number of carbonyl (C=O) groups excluding carboxylic acids is 1. The zero-order valence-corrected chi connectivity index (χ0v) is 14.1. The van der Waals surface area contributed by atoms with Gasteiger partial charge in [0.05, 0.1) is 17.8 Å². The lowest BCUT2D eigenvalue weighted by Gasteiger charge is -2.48. The molecule has 0 aromatic rings. The molecule has 0 spiro atoms. The quantitative estimate of drug-likeness (QED) is 0.726. The van der Waals surface area contributed by atoms with Gasteiger partial charge in [-0.25, -0.2) is 0 Å². The van der Waals surface area contributed by atoms with Crippen LogP contribution in [0.5, 0.6) is 0 Å². The first kappa shape index (κ1) is 14.7. The molecule has 1 saturated carbocycles. The van der Waals surface area contributed by atoms with Crippen LogP contribution in [0.25, 0.3) is 0 Å². The van der Waals surface area contributed by atoms with Crippen molar-refractivity contribution < 1.29 is 14.0 Å². The van der Waals surface area contributed by atoms with E-state index in [0.717, 1.165) is 12.8 Å². The van der Waals surface area contributed by atoms with Crippen molar-refractivity contribution in [2.45, 2.75) is 88.8 Å². The lowest BCUT2D eigenvalue weighted by Crippen LogP contribution is -2.55. The molecule has 0 unspecified atom stereocenters. The second-order valence-corrected chi connectivity index (χ2v) is 11.7. The van der Waals surface area contributed by atoms with Crippen LogP contribution in [0.3, 0.4) is 0 Å². The van der Waals surface area contributed by atoms with E-state index in [4.69, 9.17) is 9.16 Å². The van der Waals surface area contributed by atoms with Crippen LogP contribution in [0.15, 0.2) is 0 Å². The number of fused-ring (bicyclic) bond motifs is 4. The summed E-state index contributed by atoms with van der Waals surface area (Å²) in [4.78, 5) is 12.1. The summed E-state index contributed by atoms with van der Waals surface area (Å²) in [5, 5.41) is 0. The minimum absolute atomic E-state index is 0.157. The second-order valence-electron chi connectivity index (χ2n) is 7.01. The Labute approximate surface area is 123 Å². The standard InChI is InChI=1S/C16H28O3Si/c1-4-20(5-2,6-3)19-16-10-12(17)9-14(16)15-8-7-13(11-16)18-15/h13-15H,4-11H2,1-3H3/t13-,14+,15+,16+/m0/s1. The molecule has 3 aliphatic rings. The maximum absolute atomic E-state index is 12.1. The highest BCUT2D eigenvalue weighted by Crippen LogP contribution is 2.53. The molecule has 4 atom stereocenters. The Hall–Kier alpha value is -0.193. The summed E-state index contributed by atoms with van der Waals surface area (Å²) < 4.78 is 13.0. The third-order valence-electron chi connectivity index (χ3n) is 6.13. The van der Waals surface area contributed by atoms with Gasteiger partial charge in [0.2, 0.25) is 0 Å². The number of Topliss-reactive ketones (excluding diaryl/α,β-unsaturated/α-hetero) is 1. The first-order valence-corrected chi connectivity index (χ1v) is 11.0. The summed E-state index contributed by atoms with van der Waals surface area (Å²) in [5.41, 5.74) is -0.157. The van der Waals surface area contributed by atoms with E-state index in [9.17, 15) is 4.79 Å². The van der Waals surface area contributed by atoms with E-state index in [-0.39, 0.29) is 11.7 Å². The molecule has 3 fully saturated rings. The molecule has 0 aromatic heterocycles. The monoisotopic (exact) mass is 296 g/mol. The Balaban J connectivity index is 1.89. The molecule has 20 heavy (non-hydrogen) atoms. The minimum Gasteiger partial charge on any atom is -0.410 e. The Morgan fingerprint density at radius 2 is 1.95 bits per heavy atom. The largest absolute Gasteiger partial charge is 0.410 e. The Bertz CT molecular complexity index is 385. The van der Waals surface area contributed by atoms with Gasteiger partial charge in [0, 0.05) is 25.2 Å². The fraction of sp³-hybridized carbons (Fsp3) is 0.938. The summed E-state index contributed by atoms with van der Waals surface area (Å²) in [5.74, 6) is 0.739. The molecule has 2 saturated heterocycles. The number of hydrogen-bond acceptors (Lipinski definition) is 3. The molecular formula is C16H28O3Si. The molecule has 3 nitrogen and oxygen atoms in total. The van der Waals surface area contributed by atoms with Gasteiger partial charge in [-0.2, -0.15) is 0 Å². The third kappa shape index (κ3) is 2.20. The smallest absolute Gasteiger partial charge is 0.192 e. The van der Waals surface area contributed by atoms with Crippen molar-refractivity contribution in [3.8, 4) is 0 Å². The molecule has 2 aliphatic heterocycles. The molecule has 114 valence electrons. The van der Waals surface area contributed by atoms with Gasteiger partial charge >= 0.3 is 0 Å². The number of ether oxygens (including phenoxy) is 1. The molecule has 3 rings (SSSR count). The summed E-state index contributed by atoms with van der Waals surface area (Å²) in [6.07, 6.45) is 5.25. The van der Waals surface area contributed by atoms with Crippen LogP contribution in [-0.4, -0.2) is 31.9 Å². The minimum atomic E-state index is -1.67. The van der Waals surface area contributed by atoms with Crippen molar-refractivity contribution in [2.24, 2.45) is 5.92 Å². The first-order valence-electron chi connectivity index (χ1n) is 8.43. The first-order chi connectivity index (χ1) is 9.56. The van der Waals surface area contributed by atoms with Crippen LogP contribution in [0.2, 0.25) is 18.1 Å². The van der Waals surface area contributed by atoms with Gasteiger partial charge in [-0.3, -0.25) is 4.79 Å². The molecule has 0 aromatic carbocycles. The highest BCUT2D eigenvalue weighted by atomic mass is 28.4. The third-order valence-corrected chi connectivity index (χ3v) is 10.8. The van der Waals surface area contributed by atoms with Crippen LogP contribution < -0.4 is 0 Å². The van der Waals surface area contributed by atoms with Gasteiger partial charge in [0.25, 0.3) is 0 Å². The van der Waals surface area contributed by atoms with E-state index < -0.39 is 8.32 Å². The van der Waals surface area contributed by atoms with Crippen molar-refractivity contribution in [3.63, 3.8) is 0 Å².